The summed E-state index contributed by atoms with van der Waals surface area (Å²) in [5.74, 6) is 0.0579. The van der Waals surface area contributed by atoms with E-state index in [-0.39, 0.29) is 17.9 Å². The maximum Gasteiger partial charge on any atom is 0.222 e. The fourth-order valence-electron chi connectivity index (χ4n) is 2.26. The molecular formula is C12H15N5O. The van der Waals surface area contributed by atoms with E-state index in [9.17, 15) is 4.79 Å². The normalized spacial score (nSPS) is 23.4. The molecule has 1 aromatic rings. The molecule has 0 radical (unpaired) electrons. The van der Waals surface area contributed by atoms with Gasteiger partial charge in [-0.15, -0.1) is 5.10 Å². The molecule has 18 heavy (non-hydrogen) atoms. The zero-order valence-electron chi connectivity index (χ0n) is 10.2. The number of hydrogen-bond donors (Lipinski definition) is 1. The molecule has 0 aromatic carbocycles. The lowest BCUT2D eigenvalue weighted by molar-refractivity contribution is -0.122. The molecule has 1 saturated heterocycles. The maximum absolute atomic E-state index is 11.3. The van der Waals surface area contributed by atoms with Crippen LogP contribution in [0.15, 0.2) is 12.3 Å². The Balaban J connectivity index is 2.30. The second-order valence-electron chi connectivity index (χ2n) is 4.56. The molecule has 0 aliphatic carbocycles. The van der Waals surface area contributed by atoms with Gasteiger partial charge in [-0.05, 0) is 25.8 Å². The Morgan fingerprint density at radius 2 is 2.39 bits per heavy atom. The molecule has 0 spiro atoms. The van der Waals surface area contributed by atoms with Crippen LogP contribution < -0.4 is 10.6 Å². The number of amides is 1. The van der Waals surface area contributed by atoms with Crippen molar-refractivity contribution in [3.63, 3.8) is 0 Å². The van der Waals surface area contributed by atoms with E-state index in [4.69, 9.17) is 11.0 Å². The number of primary amides is 1. The Hall–Kier alpha value is -2.16. The summed E-state index contributed by atoms with van der Waals surface area (Å²) in [4.78, 5) is 13.2. The van der Waals surface area contributed by atoms with Gasteiger partial charge in [0.1, 0.15) is 6.07 Å². The number of nitrogens with two attached hydrogens (primary N) is 1. The molecule has 1 aliphatic heterocycles. The van der Waals surface area contributed by atoms with Gasteiger partial charge in [0.05, 0.1) is 17.7 Å². The summed E-state index contributed by atoms with van der Waals surface area (Å²) in [6.45, 7) is 2.55. The molecule has 94 valence electrons. The summed E-state index contributed by atoms with van der Waals surface area (Å²) in [7, 11) is 0. The molecule has 6 heteroatoms. The van der Waals surface area contributed by atoms with Crippen LogP contribution in [0.2, 0.25) is 0 Å². The maximum atomic E-state index is 11.3. The number of carbonyl (C=O) groups is 1. The van der Waals surface area contributed by atoms with Crippen molar-refractivity contribution < 1.29 is 4.79 Å². The van der Waals surface area contributed by atoms with E-state index in [0.717, 1.165) is 12.8 Å². The first kappa shape index (κ1) is 12.3. The van der Waals surface area contributed by atoms with Crippen molar-refractivity contribution >= 4 is 11.7 Å². The molecule has 2 atom stereocenters. The molecule has 1 amide bonds. The number of aromatic nitrogens is 2. The topological polar surface area (TPSA) is 95.9 Å². The Labute approximate surface area is 105 Å². The van der Waals surface area contributed by atoms with Crippen molar-refractivity contribution in [2.24, 2.45) is 11.7 Å². The third-order valence-corrected chi connectivity index (χ3v) is 3.38. The summed E-state index contributed by atoms with van der Waals surface area (Å²) < 4.78 is 0. The van der Waals surface area contributed by atoms with Gasteiger partial charge < -0.3 is 10.6 Å². The standard InChI is InChI=1S/C12H15N5O/c1-8-2-3-10(11(14)18)7-17(8)12-9(6-13)4-5-15-16-12/h4-5,8,10H,2-3,7H2,1H3,(H2,14,18). The highest BCUT2D eigenvalue weighted by Crippen LogP contribution is 2.27. The quantitative estimate of drug-likeness (QED) is 0.815. The molecule has 2 unspecified atom stereocenters. The molecule has 2 heterocycles. The van der Waals surface area contributed by atoms with Crippen LogP contribution in [-0.2, 0) is 4.79 Å². The number of rotatable bonds is 2. The molecule has 2 rings (SSSR count). The first-order chi connectivity index (χ1) is 8.63. The summed E-state index contributed by atoms with van der Waals surface area (Å²) >= 11 is 0. The van der Waals surface area contributed by atoms with Crippen molar-refractivity contribution in [1.29, 1.82) is 5.26 Å². The van der Waals surface area contributed by atoms with Crippen molar-refractivity contribution in [3.05, 3.63) is 17.8 Å². The Morgan fingerprint density at radius 1 is 1.61 bits per heavy atom. The Kier molecular flexibility index (Phi) is 3.42. The molecule has 1 aromatic heterocycles. The highest BCUT2D eigenvalue weighted by Gasteiger charge is 2.30. The van der Waals surface area contributed by atoms with E-state index in [1.807, 2.05) is 11.8 Å². The van der Waals surface area contributed by atoms with E-state index in [1.54, 1.807) is 6.07 Å². The van der Waals surface area contributed by atoms with Crippen molar-refractivity contribution in [3.8, 4) is 6.07 Å². The minimum atomic E-state index is -0.297. The van der Waals surface area contributed by atoms with Crippen LogP contribution in [-0.4, -0.2) is 28.7 Å². The second-order valence-corrected chi connectivity index (χ2v) is 4.56. The van der Waals surface area contributed by atoms with Gasteiger partial charge >= 0.3 is 0 Å². The smallest absolute Gasteiger partial charge is 0.222 e. The van der Waals surface area contributed by atoms with Gasteiger partial charge in [0.25, 0.3) is 0 Å². The molecule has 6 nitrogen and oxygen atoms in total. The summed E-state index contributed by atoms with van der Waals surface area (Å²) in [5.41, 5.74) is 5.83. The van der Waals surface area contributed by atoms with Gasteiger partial charge in [-0.25, -0.2) is 0 Å². The number of hydrogen-bond acceptors (Lipinski definition) is 5. The van der Waals surface area contributed by atoms with Gasteiger partial charge in [-0.2, -0.15) is 10.4 Å². The minimum Gasteiger partial charge on any atom is -0.369 e. The van der Waals surface area contributed by atoms with Crippen LogP contribution >= 0.6 is 0 Å². The highest BCUT2D eigenvalue weighted by atomic mass is 16.1. The lowest BCUT2D eigenvalue weighted by Gasteiger charge is -2.37. The van der Waals surface area contributed by atoms with Gasteiger partial charge in [-0.3, -0.25) is 4.79 Å². The van der Waals surface area contributed by atoms with Crippen molar-refractivity contribution in [2.75, 3.05) is 11.4 Å². The lowest BCUT2D eigenvalue weighted by atomic mass is 9.92. The van der Waals surface area contributed by atoms with Crippen LogP contribution in [0, 0.1) is 17.2 Å². The second kappa shape index (κ2) is 5.00. The van der Waals surface area contributed by atoms with Crippen LogP contribution in [0.25, 0.3) is 0 Å². The van der Waals surface area contributed by atoms with E-state index in [0.29, 0.717) is 17.9 Å². The number of nitrogens with zero attached hydrogens (tertiary/aromatic N) is 4. The first-order valence-electron chi connectivity index (χ1n) is 5.91. The Morgan fingerprint density at radius 3 is 3.06 bits per heavy atom. The SMILES string of the molecule is CC1CCC(C(N)=O)CN1c1nnccc1C#N. The number of nitriles is 1. The summed E-state index contributed by atoms with van der Waals surface area (Å²) in [5, 5.41) is 16.9. The summed E-state index contributed by atoms with van der Waals surface area (Å²) in [6.07, 6.45) is 3.13. The number of piperidine rings is 1. The van der Waals surface area contributed by atoms with Gasteiger partial charge in [-0.1, -0.05) is 0 Å². The number of anilines is 1. The van der Waals surface area contributed by atoms with Gasteiger partial charge in [0.15, 0.2) is 5.82 Å². The highest BCUT2D eigenvalue weighted by molar-refractivity contribution is 5.77. The average molecular weight is 245 g/mol. The monoisotopic (exact) mass is 245 g/mol. The first-order valence-corrected chi connectivity index (χ1v) is 5.91. The molecule has 0 saturated carbocycles. The average Bonchev–Trinajstić information content (AvgIpc) is 2.39. The van der Waals surface area contributed by atoms with E-state index in [1.165, 1.54) is 6.20 Å². The largest absolute Gasteiger partial charge is 0.369 e. The fourth-order valence-corrected chi connectivity index (χ4v) is 2.26. The zero-order valence-corrected chi connectivity index (χ0v) is 10.2. The third kappa shape index (κ3) is 2.25. The molecule has 1 fully saturated rings. The van der Waals surface area contributed by atoms with Crippen LogP contribution in [0.4, 0.5) is 5.82 Å². The summed E-state index contributed by atoms with van der Waals surface area (Å²) in [6, 6.07) is 3.95. The van der Waals surface area contributed by atoms with E-state index in [2.05, 4.69) is 16.3 Å². The van der Waals surface area contributed by atoms with E-state index >= 15 is 0 Å². The van der Waals surface area contributed by atoms with Gasteiger partial charge in [0.2, 0.25) is 5.91 Å². The zero-order chi connectivity index (χ0) is 13.1. The minimum absolute atomic E-state index is 0.185. The lowest BCUT2D eigenvalue weighted by Crippen LogP contribution is -2.46. The van der Waals surface area contributed by atoms with Crippen LogP contribution in [0.5, 0.6) is 0 Å². The van der Waals surface area contributed by atoms with Crippen molar-refractivity contribution in [2.45, 2.75) is 25.8 Å². The molecule has 1 aliphatic rings. The van der Waals surface area contributed by atoms with Crippen LogP contribution in [0.1, 0.15) is 25.3 Å². The van der Waals surface area contributed by atoms with Crippen LogP contribution in [0.3, 0.4) is 0 Å². The fraction of sp³-hybridized carbons (Fsp3) is 0.500. The predicted molar refractivity (Wildman–Crippen MR) is 65.5 cm³/mol. The predicted octanol–water partition coefficient (Wildman–Crippen LogP) is 0.438. The molecule has 0 bridgehead atoms. The molecule has 2 N–H and O–H groups in total. The van der Waals surface area contributed by atoms with Crippen molar-refractivity contribution in [1.82, 2.24) is 10.2 Å². The Bertz CT molecular complexity index is 495. The van der Waals surface area contributed by atoms with E-state index < -0.39 is 0 Å². The van der Waals surface area contributed by atoms with Gasteiger partial charge in [0, 0.05) is 12.6 Å². The molecular weight excluding hydrogens is 230 g/mol. The third-order valence-electron chi connectivity index (χ3n) is 3.38. The number of carbonyl (C=O) groups excluding carboxylic acids is 1.